The number of carbonyl (C=O) groups excluding carboxylic acids is 2. The zero-order valence-corrected chi connectivity index (χ0v) is 38.4. The summed E-state index contributed by atoms with van der Waals surface area (Å²) in [6.45, 7) is 10.5. The molecule has 346 valence electrons. The van der Waals surface area contributed by atoms with E-state index in [1.54, 1.807) is 19.1 Å². The molecule has 0 aromatic rings. The first kappa shape index (κ1) is 48.0. The molecule has 13 heteroatoms. The number of nitrogens with zero attached hydrogens (tertiary/aromatic N) is 3. The molecule has 15 atom stereocenters. The van der Waals surface area contributed by atoms with Gasteiger partial charge in [0, 0.05) is 69.2 Å². The zero-order valence-electron chi connectivity index (χ0n) is 38.4. The number of amides is 2. The summed E-state index contributed by atoms with van der Waals surface area (Å²) in [5.74, 6) is 1.71. The molecule has 1 aliphatic heterocycles. The van der Waals surface area contributed by atoms with Crippen molar-refractivity contribution in [1.29, 1.82) is 0 Å². The number of methoxy groups -OCH3 is 1. The lowest BCUT2D eigenvalue weighted by Crippen LogP contribution is -2.62. The highest BCUT2D eigenvalue weighted by Gasteiger charge is 2.58. The van der Waals surface area contributed by atoms with Crippen molar-refractivity contribution >= 4 is 11.8 Å². The molecule has 2 bridgehead atoms. The number of aliphatic hydroxyl groups is 4. The van der Waals surface area contributed by atoms with Crippen molar-refractivity contribution < 1.29 is 39.6 Å². The zero-order chi connectivity index (χ0) is 43.3. The second-order valence-electron chi connectivity index (χ2n) is 21.3. The second kappa shape index (κ2) is 21.5. The monoisotopic (exact) mass is 848 g/mol. The molecule has 60 heavy (non-hydrogen) atoms. The van der Waals surface area contributed by atoms with Gasteiger partial charge in [0.05, 0.1) is 32.0 Å². The van der Waals surface area contributed by atoms with Crippen LogP contribution in [0.1, 0.15) is 118 Å². The Morgan fingerprint density at radius 2 is 1.65 bits per heavy atom. The van der Waals surface area contributed by atoms with Crippen LogP contribution in [0.4, 0.5) is 0 Å². The van der Waals surface area contributed by atoms with E-state index in [0.717, 1.165) is 51.5 Å². The number of nitrogens with one attached hydrogen (secondary N) is 2. The minimum atomic E-state index is -0.862. The van der Waals surface area contributed by atoms with Gasteiger partial charge < -0.3 is 40.7 Å². The predicted octanol–water partition coefficient (Wildman–Crippen LogP) is 3.67. The SMILES string of the molecule is COC1C(CN2O[C@@H](CO)[C@H]([C@H](C)O)[C@H]2C(=O)N[C@H]2C[C@H]3C[C@@H]([C@@H]2C)C3(C)C)CCCC1C1CC(C(=O)N[C@@H](CC2CCCCC2)CN(C)C)CC(N(CCO)CCO)C1. The van der Waals surface area contributed by atoms with E-state index in [0.29, 0.717) is 55.1 Å². The molecule has 1 saturated heterocycles. The Hall–Kier alpha value is -1.42. The predicted molar refractivity (Wildman–Crippen MR) is 232 cm³/mol. The maximum absolute atomic E-state index is 14.5. The number of hydrogen-bond acceptors (Lipinski definition) is 11. The van der Waals surface area contributed by atoms with Gasteiger partial charge >= 0.3 is 0 Å². The van der Waals surface area contributed by atoms with Gasteiger partial charge in [0.15, 0.2) is 0 Å². The number of carbonyl (C=O) groups is 2. The quantitative estimate of drug-likeness (QED) is 0.112. The molecular weight excluding hydrogens is 763 g/mol. The molecular formula is C47H85N5O8. The first-order valence-electron chi connectivity index (χ1n) is 24.2. The standard InChI is InChI=1S/C47H85N5O8/c1-29-39-24-35(47(39,3)4)25-40(29)49-46(58)43-42(30(2)56)41(28-55)60-52(43)26-32-14-11-15-38(44(32)59-7)33-21-34(23-37(22-33)51(16-18-53)17-19-54)45(57)48-36(27-50(5)6)20-31-12-9-8-10-13-31/h29-44,53-56H,8-28H2,1-7H3,(H,48,57)(H,49,58)/t29-,30-,32?,33?,34?,35+,36-,37?,38?,39-,40-,41-,42-,43-,44?/m0/s1. The molecule has 6 saturated carbocycles. The van der Waals surface area contributed by atoms with Crippen LogP contribution in [0.5, 0.6) is 0 Å². The Bertz CT molecular complexity index is 1360. The third kappa shape index (κ3) is 10.9. The summed E-state index contributed by atoms with van der Waals surface area (Å²) >= 11 is 0. The lowest BCUT2D eigenvalue weighted by molar-refractivity contribution is -0.193. The minimum absolute atomic E-state index is 0.0117. The number of rotatable bonds is 19. The van der Waals surface area contributed by atoms with Crippen LogP contribution in [0.2, 0.25) is 0 Å². The van der Waals surface area contributed by atoms with Gasteiger partial charge in [-0.05, 0) is 113 Å². The maximum atomic E-state index is 14.5. The molecule has 1 heterocycles. The van der Waals surface area contributed by atoms with E-state index >= 15 is 0 Å². The molecule has 7 rings (SSSR count). The van der Waals surface area contributed by atoms with E-state index in [2.05, 4.69) is 55.3 Å². The Kier molecular flexibility index (Phi) is 17.2. The topological polar surface area (TPSA) is 167 Å². The molecule has 7 aliphatic rings. The van der Waals surface area contributed by atoms with E-state index in [9.17, 15) is 30.0 Å². The van der Waals surface area contributed by atoms with Gasteiger partial charge in [0.1, 0.15) is 12.1 Å². The summed E-state index contributed by atoms with van der Waals surface area (Å²) in [7, 11) is 5.94. The van der Waals surface area contributed by atoms with Crippen LogP contribution in [-0.2, 0) is 19.2 Å². The molecule has 13 nitrogen and oxygen atoms in total. The minimum Gasteiger partial charge on any atom is -0.395 e. The second-order valence-corrected chi connectivity index (χ2v) is 21.3. The van der Waals surface area contributed by atoms with Gasteiger partial charge in [0.2, 0.25) is 11.8 Å². The molecule has 0 aromatic heterocycles. The first-order valence-corrected chi connectivity index (χ1v) is 24.2. The highest BCUT2D eigenvalue weighted by atomic mass is 16.7. The smallest absolute Gasteiger partial charge is 0.240 e. The summed E-state index contributed by atoms with van der Waals surface area (Å²) in [6.07, 6.45) is 12.9. The third-order valence-corrected chi connectivity index (χ3v) is 17.0. The van der Waals surface area contributed by atoms with Crippen LogP contribution in [0.15, 0.2) is 0 Å². The Labute approximate surface area is 362 Å². The molecule has 0 aromatic carbocycles. The highest BCUT2D eigenvalue weighted by Crippen LogP contribution is 2.61. The number of ether oxygens (including phenoxy) is 1. The van der Waals surface area contributed by atoms with Crippen molar-refractivity contribution in [3.63, 3.8) is 0 Å². The largest absolute Gasteiger partial charge is 0.395 e. The number of likely N-dealkylation sites (N-methyl/N-ethyl adjacent to an activating group) is 1. The molecule has 6 N–H and O–H groups in total. The fourth-order valence-corrected chi connectivity index (χ4v) is 13.8. The van der Waals surface area contributed by atoms with Crippen molar-refractivity contribution in [1.82, 2.24) is 25.5 Å². The Morgan fingerprint density at radius 3 is 2.25 bits per heavy atom. The number of aliphatic hydroxyl groups excluding tert-OH is 4. The highest BCUT2D eigenvalue weighted by molar-refractivity contribution is 5.83. The van der Waals surface area contributed by atoms with E-state index in [1.807, 2.05) is 0 Å². The summed E-state index contributed by atoms with van der Waals surface area (Å²) < 4.78 is 6.47. The van der Waals surface area contributed by atoms with E-state index in [4.69, 9.17) is 9.57 Å². The lowest BCUT2D eigenvalue weighted by atomic mass is 9.45. The molecule has 6 aliphatic carbocycles. The fraction of sp³-hybridized carbons (Fsp3) is 0.957. The normalized spacial score (nSPS) is 38.4. The van der Waals surface area contributed by atoms with Crippen LogP contribution in [0, 0.1) is 58.7 Å². The van der Waals surface area contributed by atoms with Crippen molar-refractivity contribution in [2.75, 3.05) is 67.2 Å². The maximum Gasteiger partial charge on any atom is 0.240 e. The van der Waals surface area contributed by atoms with Crippen molar-refractivity contribution in [2.24, 2.45) is 58.7 Å². The number of hydrogen-bond donors (Lipinski definition) is 6. The van der Waals surface area contributed by atoms with Crippen molar-refractivity contribution in [2.45, 2.75) is 160 Å². The summed E-state index contributed by atoms with van der Waals surface area (Å²) in [5, 5.41) is 50.5. The summed E-state index contributed by atoms with van der Waals surface area (Å²) in [4.78, 5) is 39.7. The van der Waals surface area contributed by atoms with Gasteiger partial charge in [-0.3, -0.25) is 19.3 Å². The van der Waals surface area contributed by atoms with Crippen LogP contribution >= 0.6 is 0 Å². The number of fused-ring (bicyclic) bond motifs is 2. The molecule has 0 spiro atoms. The van der Waals surface area contributed by atoms with Crippen molar-refractivity contribution in [3.05, 3.63) is 0 Å². The van der Waals surface area contributed by atoms with E-state index < -0.39 is 24.2 Å². The van der Waals surface area contributed by atoms with Crippen LogP contribution in [0.25, 0.3) is 0 Å². The Balaban J connectivity index is 1.19. The third-order valence-electron chi connectivity index (χ3n) is 17.0. The van der Waals surface area contributed by atoms with Gasteiger partial charge in [-0.25, -0.2) is 0 Å². The van der Waals surface area contributed by atoms with Crippen molar-refractivity contribution in [3.8, 4) is 0 Å². The lowest BCUT2D eigenvalue weighted by Gasteiger charge is -2.62. The van der Waals surface area contributed by atoms with Gasteiger partial charge in [-0.1, -0.05) is 59.3 Å². The summed E-state index contributed by atoms with van der Waals surface area (Å²) in [6, 6.07) is -0.562. The van der Waals surface area contributed by atoms with E-state index in [1.165, 1.54) is 38.5 Å². The molecule has 7 fully saturated rings. The average Bonchev–Trinajstić information content (AvgIpc) is 3.59. The molecule has 6 unspecified atom stereocenters. The van der Waals surface area contributed by atoms with Gasteiger partial charge in [0.25, 0.3) is 0 Å². The van der Waals surface area contributed by atoms with E-state index in [-0.39, 0.29) is 79.5 Å². The average molecular weight is 848 g/mol. The molecule has 2 amide bonds. The van der Waals surface area contributed by atoms with Crippen LogP contribution in [0.3, 0.4) is 0 Å². The van der Waals surface area contributed by atoms with Crippen LogP contribution < -0.4 is 10.6 Å². The molecule has 0 radical (unpaired) electrons. The van der Waals surface area contributed by atoms with Gasteiger partial charge in [-0.15, -0.1) is 0 Å². The first-order chi connectivity index (χ1) is 28.7. The van der Waals surface area contributed by atoms with Gasteiger partial charge in [-0.2, -0.15) is 5.06 Å². The van der Waals surface area contributed by atoms with Crippen LogP contribution in [-0.4, -0.2) is 157 Å². The fourth-order valence-electron chi connectivity index (χ4n) is 13.8. The summed E-state index contributed by atoms with van der Waals surface area (Å²) in [5.41, 5.74) is 0.293. The Morgan fingerprint density at radius 1 is 0.933 bits per heavy atom. The number of hydroxylamine groups is 2.